The molecule has 5 heteroatoms. The van der Waals surface area contributed by atoms with Gasteiger partial charge in [-0.25, -0.2) is 0 Å². The summed E-state index contributed by atoms with van der Waals surface area (Å²) >= 11 is 0. The Kier molecular flexibility index (Phi) is 6.72. The number of carbonyl (C=O) groups excluding carboxylic acids is 2. The molecule has 0 N–H and O–H groups in total. The average Bonchev–Trinajstić information content (AvgIpc) is 3.00. The van der Waals surface area contributed by atoms with Crippen molar-refractivity contribution in [3.63, 3.8) is 0 Å². The molecule has 0 atom stereocenters. The van der Waals surface area contributed by atoms with Crippen LogP contribution < -0.4 is 4.74 Å². The van der Waals surface area contributed by atoms with E-state index in [0.29, 0.717) is 11.3 Å². The van der Waals surface area contributed by atoms with Crippen LogP contribution in [0, 0.1) is 27.7 Å². The maximum atomic E-state index is 12.7. The van der Waals surface area contributed by atoms with Crippen molar-refractivity contribution in [2.24, 2.45) is 0 Å². The molecule has 0 aliphatic rings. The lowest BCUT2D eigenvalue weighted by atomic mass is 10.1. The maximum Gasteiger partial charge on any atom is 0.309 e. The molecule has 0 radical (unpaired) electrons. The number of aryl methyl sites for hydroxylation is 3. The highest BCUT2D eigenvalue weighted by Gasteiger charge is 2.18. The van der Waals surface area contributed by atoms with E-state index in [9.17, 15) is 9.59 Å². The van der Waals surface area contributed by atoms with Gasteiger partial charge in [0.25, 0.3) is 0 Å². The van der Waals surface area contributed by atoms with E-state index in [-0.39, 0.29) is 25.4 Å². The second-order valence-corrected chi connectivity index (χ2v) is 7.46. The molecule has 0 saturated carbocycles. The van der Waals surface area contributed by atoms with Crippen LogP contribution in [-0.4, -0.2) is 29.5 Å². The summed E-state index contributed by atoms with van der Waals surface area (Å²) < 4.78 is 12.7. The van der Waals surface area contributed by atoms with Crippen LogP contribution in [0.1, 0.15) is 39.3 Å². The van der Waals surface area contributed by atoms with E-state index in [1.807, 2.05) is 50.2 Å². The van der Waals surface area contributed by atoms with Gasteiger partial charge >= 0.3 is 5.97 Å². The SMILES string of the molecule is Cc1cc(C)cc(-n2c(C)cc(C(=O)COC(=O)CCOc3ccccc3)c2C)c1. The molecule has 0 aliphatic carbocycles. The van der Waals surface area contributed by atoms with Crippen molar-refractivity contribution in [3.05, 3.63) is 82.7 Å². The van der Waals surface area contributed by atoms with Crippen molar-refractivity contribution in [3.8, 4) is 11.4 Å². The first-order chi connectivity index (χ1) is 14.3. The van der Waals surface area contributed by atoms with E-state index in [1.165, 1.54) is 0 Å². The Morgan fingerprint density at radius 3 is 2.23 bits per heavy atom. The van der Waals surface area contributed by atoms with Crippen molar-refractivity contribution in [2.75, 3.05) is 13.2 Å². The summed E-state index contributed by atoms with van der Waals surface area (Å²) in [4.78, 5) is 24.6. The third-order valence-corrected chi connectivity index (χ3v) is 4.88. The summed E-state index contributed by atoms with van der Waals surface area (Å²) in [7, 11) is 0. The molecule has 5 nitrogen and oxygen atoms in total. The van der Waals surface area contributed by atoms with Crippen molar-refractivity contribution in [1.29, 1.82) is 0 Å². The van der Waals surface area contributed by atoms with Gasteiger partial charge in [0, 0.05) is 22.6 Å². The van der Waals surface area contributed by atoms with Gasteiger partial charge in [0.1, 0.15) is 5.75 Å². The van der Waals surface area contributed by atoms with Crippen molar-refractivity contribution >= 4 is 11.8 Å². The van der Waals surface area contributed by atoms with E-state index in [0.717, 1.165) is 28.2 Å². The minimum atomic E-state index is -0.456. The monoisotopic (exact) mass is 405 g/mol. The van der Waals surface area contributed by atoms with Crippen LogP contribution in [0.25, 0.3) is 5.69 Å². The lowest BCUT2D eigenvalue weighted by Crippen LogP contribution is -2.16. The van der Waals surface area contributed by atoms with Crippen molar-refractivity contribution in [1.82, 2.24) is 4.57 Å². The molecule has 0 spiro atoms. The number of nitrogens with zero attached hydrogens (tertiary/aromatic N) is 1. The fourth-order valence-corrected chi connectivity index (χ4v) is 3.59. The predicted octanol–water partition coefficient (Wildman–Crippen LogP) is 4.91. The third kappa shape index (κ3) is 5.17. The van der Waals surface area contributed by atoms with Gasteiger partial charge in [-0.2, -0.15) is 0 Å². The van der Waals surface area contributed by atoms with E-state index in [2.05, 4.69) is 36.6 Å². The number of hydrogen-bond acceptors (Lipinski definition) is 4. The molecule has 0 bridgehead atoms. The fraction of sp³-hybridized carbons (Fsp3) is 0.280. The Hall–Kier alpha value is -3.34. The van der Waals surface area contributed by atoms with Gasteiger partial charge in [0.05, 0.1) is 13.0 Å². The van der Waals surface area contributed by atoms with E-state index < -0.39 is 5.97 Å². The van der Waals surface area contributed by atoms with Crippen LogP contribution in [0.3, 0.4) is 0 Å². The lowest BCUT2D eigenvalue weighted by molar-refractivity contribution is -0.143. The van der Waals surface area contributed by atoms with Gasteiger partial charge in [-0.05, 0) is 69.2 Å². The fourth-order valence-electron chi connectivity index (χ4n) is 3.59. The number of para-hydroxylation sites is 1. The molecule has 156 valence electrons. The molecule has 1 heterocycles. The quantitative estimate of drug-likeness (QED) is 0.395. The maximum absolute atomic E-state index is 12.7. The number of carbonyl (C=O) groups is 2. The Balaban J connectivity index is 1.60. The summed E-state index contributed by atoms with van der Waals surface area (Å²) in [5.74, 6) is 0.0265. The van der Waals surface area contributed by atoms with Gasteiger partial charge in [-0.3, -0.25) is 9.59 Å². The Labute approximate surface area is 177 Å². The van der Waals surface area contributed by atoms with Gasteiger partial charge in [0.2, 0.25) is 5.78 Å². The Morgan fingerprint density at radius 2 is 1.57 bits per heavy atom. The predicted molar refractivity (Wildman–Crippen MR) is 117 cm³/mol. The number of benzene rings is 2. The number of rotatable bonds is 8. The van der Waals surface area contributed by atoms with E-state index in [1.54, 1.807) is 0 Å². The molecular formula is C25H27NO4. The van der Waals surface area contributed by atoms with Crippen LogP contribution in [-0.2, 0) is 9.53 Å². The zero-order valence-electron chi connectivity index (χ0n) is 17.9. The molecule has 3 rings (SSSR count). The molecule has 0 aliphatic heterocycles. The molecular weight excluding hydrogens is 378 g/mol. The van der Waals surface area contributed by atoms with Crippen LogP contribution in [0.15, 0.2) is 54.6 Å². The molecule has 0 saturated heterocycles. The topological polar surface area (TPSA) is 57.5 Å². The molecule has 3 aromatic rings. The van der Waals surface area contributed by atoms with Crippen molar-refractivity contribution in [2.45, 2.75) is 34.1 Å². The highest BCUT2D eigenvalue weighted by molar-refractivity contribution is 5.99. The summed E-state index contributed by atoms with van der Waals surface area (Å²) in [6, 6.07) is 17.4. The van der Waals surface area contributed by atoms with Crippen LogP contribution in [0.2, 0.25) is 0 Å². The van der Waals surface area contributed by atoms with Gasteiger partial charge in [-0.1, -0.05) is 24.3 Å². The lowest BCUT2D eigenvalue weighted by Gasteiger charge is -2.12. The molecule has 1 aromatic heterocycles. The summed E-state index contributed by atoms with van der Waals surface area (Å²) in [6.07, 6.45) is 0.0871. The smallest absolute Gasteiger partial charge is 0.309 e. The largest absolute Gasteiger partial charge is 0.493 e. The summed E-state index contributed by atoms with van der Waals surface area (Å²) in [5, 5.41) is 0. The number of ether oxygens (including phenoxy) is 2. The second kappa shape index (κ2) is 9.44. The van der Waals surface area contributed by atoms with E-state index >= 15 is 0 Å². The number of hydrogen-bond donors (Lipinski definition) is 0. The summed E-state index contributed by atoms with van der Waals surface area (Å²) in [5.41, 5.74) is 5.72. The number of aromatic nitrogens is 1. The number of ketones is 1. The Morgan fingerprint density at radius 1 is 0.900 bits per heavy atom. The first kappa shape index (κ1) is 21.4. The Bertz CT molecular complexity index is 1030. The van der Waals surface area contributed by atoms with E-state index in [4.69, 9.17) is 9.47 Å². The molecule has 30 heavy (non-hydrogen) atoms. The average molecular weight is 405 g/mol. The normalized spacial score (nSPS) is 10.7. The van der Waals surface area contributed by atoms with Gasteiger partial charge < -0.3 is 14.0 Å². The first-order valence-electron chi connectivity index (χ1n) is 9.99. The molecule has 0 fully saturated rings. The van der Waals surface area contributed by atoms with Gasteiger partial charge in [-0.15, -0.1) is 0 Å². The molecule has 0 unspecified atom stereocenters. The minimum absolute atomic E-state index is 0.0871. The van der Waals surface area contributed by atoms with Crippen LogP contribution in [0.4, 0.5) is 0 Å². The van der Waals surface area contributed by atoms with Crippen LogP contribution >= 0.6 is 0 Å². The zero-order chi connectivity index (χ0) is 21.7. The summed E-state index contributed by atoms with van der Waals surface area (Å²) in [6.45, 7) is 7.91. The minimum Gasteiger partial charge on any atom is -0.493 e. The second-order valence-electron chi connectivity index (χ2n) is 7.46. The highest BCUT2D eigenvalue weighted by Crippen LogP contribution is 2.23. The highest BCUT2D eigenvalue weighted by atomic mass is 16.5. The third-order valence-electron chi connectivity index (χ3n) is 4.88. The molecule has 2 aromatic carbocycles. The van der Waals surface area contributed by atoms with Gasteiger partial charge in [0.15, 0.2) is 6.61 Å². The van der Waals surface area contributed by atoms with Crippen molar-refractivity contribution < 1.29 is 19.1 Å². The standard InChI is InChI=1S/C25H27NO4/c1-17-12-18(2)14-21(13-17)26-19(3)15-23(20(26)4)24(27)16-30-25(28)10-11-29-22-8-6-5-7-9-22/h5-9,12-15H,10-11,16H2,1-4H3. The zero-order valence-corrected chi connectivity index (χ0v) is 17.9. The number of Topliss-reactive ketones (excluding diaryl/α,β-unsaturated/α-hetero) is 1. The molecule has 0 amide bonds. The number of esters is 1. The first-order valence-corrected chi connectivity index (χ1v) is 9.99. The van der Waals surface area contributed by atoms with Crippen LogP contribution in [0.5, 0.6) is 5.75 Å².